The average Bonchev–Trinajstić information content (AvgIpc) is 2.78. The van der Waals surface area contributed by atoms with Gasteiger partial charge in [0.2, 0.25) is 0 Å². The van der Waals surface area contributed by atoms with Crippen LogP contribution in [0.15, 0.2) is 53.4 Å². The van der Waals surface area contributed by atoms with Crippen molar-refractivity contribution in [3.63, 3.8) is 0 Å². The summed E-state index contributed by atoms with van der Waals surface area (Å²) in [4.78, 5) is 0.0889. The third-order valence-corrected chi connectivity index (χ3v) is 6.92. The molecule has 178 valence electrons. The Morgan fingerprint density at radius 1 is 0.750 bits per heavy atom. The molecule has 0 heterocycles. The highest BCUT2D eigenvalue weighted by molar-refractivity contribution is 7.92. The smallest absolute Gasteiger partial charge is 0.262 e. The van der Waals surface area contributed by atoms with E-state index in [0.29, 0.717) is 18.0 Å². The van der Waals surface area contributed by atoms with Crippen LogP contribution in [0.2, 0.25) is 0 Å². The predicted molar refractivity (Wildman–Crippen MR) is 132 cm³/mol. The number of anilines is 1. The van der Waals surface area contributed by atoms with Crippen LogP contribution in [0.4, 0.5) is 5.69 Å². The number of phenols is 1. The van der Waals surface area contributed by atoms with Gasteiger partial charge in [-0.1, -0.05) is 89.7 Å². The fraction of sp³-hybridized carbons (Fsp3) is 0.538. The van der Waals surface area contributed by atoms with Gasteiger partial charge in [0.15, 0.2) is 0 Å². The number of aromatic hydroxyl groups is 1. The van der Waals surface area contributed by atoms with Gasteiger partial charge in [0, 0.05) is 0 Å². The minimum atomic E-state index is -3.75. The number of hydrogen-bond acceptors (Lipinski definition) is 4. The van der Waals surface area contributed by atoms with Crippen molar-refractivity contribution in [2.45, 2.75) is 88.9 Å². The zero-order chi connectivity index (χ0) is 23.1. The van der Waals surface area contributed by atoms with Crippen molar-refractivity contribution in [3.8, 4) is 11.5 Å². The van der Waals surface area contributed by atoms with Crippen molar-refractivity contribution < 1.29 is 18.3 Å². The van der Waals surface area contributed by atoms with Gasteiger partial charge in [-0.2, -0.15) is 0 Å². The molecule has 0 saturated carbocycles. The van der Waals surface area contributed by atoms with Gasteiger partial charge < -0.3 is 9.84 Å². The third kappa shape index (κ3) is 9.94. The van der Waals surface area contributed by atoms with Crippen LogP contribution in [-0.2, 0) is 10.0 Å². The molecule has 32 heavy (non-hydrogen) atoms. The Morgan fingerprint density at radius 3 is 1.88 bits per heavy atom. The van der Waals surface area contributed by atoms with Gasteiger partial charge in [0.25, 0.3) is 10.0 Å². The number of hydrogen-bond donors (Lipinski definition) is 2. The van der Waals surface area contributed by atoms with Crippen molar-refractivity contribution >= 4 is 15.7 Å². The summed E-state index contributed by atoms with van der Waals surface area (Å²) >= 11 is 0. The highest BCUT2D eigenvalue weighted by Gasteiger charge is 2.16. The van der Waals surface area contributed by atoms with Crippen LogP contribution in [0, 0.1) is 0 Å². The van der Waals surface area contributed by atoms with E-state index in [2.05, 4.69) is 11.6 Å². The van der Waals surface area contributed by atoms with Crippen LogP contribution in [0.25, 0.3) is 0 Å². The lowest BCUT2D eigenvalue weighted by Crippen LogP contribution is -2.14. The van der Waals surface area contributed by atoms with E-state index < -0.39 is 10.0 Å². The number of para-hydroxylation sites is 2. The normalized spacial score (nSPS) is 11.4. The van der Waals surface area contributed by atoms with Crippen molar-refractivity contribution in [3.05, 3.63) is 48.5 Å². The van der Waals surface area contributed by atoms with E-state index in [1.807, 2.05) is 6.07 Å². The van der Waals surface area contributed by atoms with Crippen LogP contribution in [0.5, 0.6) is 11.5 Å². The molecule has 2 aromatic carbocycles. The summed E-state index contributed by atoms with van der Waals surface area (Å²) in [6.07, 6.45) is 15.4. The summed E-state index contributed by atoms with van der Waals surface area (Å²) in [5.74, 6) is 0.549. The van der Waals surface area contributed by atoms with Gasteiger partial charge in [0.05, 0.1) is 17.2 Å². The van der Waals surface area contributed by atoms with Gasteiger partial charge in [-0.3, -0.25) is 4.72 Å². The lowest BCUT2D eigenvalue weighted by Gasteiger charge is -2.13. The number of rotatable bonds is 17. The number of benzene rings is 2. The maximum Gasteiger partial charge on any atom is 0.262 e. The van der Waals surface area contributed by atoms with Crippen molar-refractivity contribution in [1.82, 2.24) is 0 Å². The van der Waals surface area contributed by atoms with E-state index in [4.69, 9.17) is 4.74 Å². The molecule has 2 rings (SSSR count). The lowest BCUT2D eigenvalue weighted by molar-refractivity contribution is 0.306. The molecule has 0 aliphatic heterocycles. The third-order valence-electron chi connectivity index (χ3n) is 5.53. The minimum Gasteiger partial charge on any atom is -0.508 e. The highest BCUT2D eigenvalue weighted by Crippen LogP contribution is 2.27. The van der Waals surface area contributed by atoms with Crippen molar-refractivity contribution in [1.29, 1.82) is 0 Å². The van der Waals surface area contributed by atoms with E-state index in [1.165, 1.54) is 88.5 Å². The zero-order valence-corrected chi connectivity index (χ0v) is 20.2. The largest absolute Gasteiger partial charge is 0.508 e. The zero-order valence-electron chi connectivity index (χ0n) is 19.4. The molecule has 5 nitrogen and oxygen atoms in total. The van der Waals surface area contributed by atoms with Crippen LogP contribution in [0.1, 0.15) is 84.0 Å². The van der Waals surface area contributed by atoms with E-state index >= 15 is 0 Å². The van der Waals surface area contributed by atoms with E-state index in [1.54, 1.807) is 18.2 Å². The molecule has 0 amide bonds. The van der Waals surface area contributed by atoms with Gasteiger partial charge in [-0.25, -0.2) is 8.42 Å². The van der Waals surface area contributed by atoms with E-state index in [9.17, 15) is 13.5 Å². The molecular weight excluding hydrogens is 422 g/mol. The molecule has 0 bridgehead atoms. The summed E-state index contributed by atoms with van der Waals surface area (Å²) in [6.45, 7) is 2.82. The van der Waals surface area contributed by atoms with Crippen LogP contribution in [-0.4, -0.2) is 20.1 Å². The van der Waals surface area contributed by atoms with Crippen LogP contribution >= 0.6 is 0 Å². The number of unbranched alkanes of at least 4 members (excludes halogenated alkanes) is 11. The molecular formula is C26H39NO4S. The fourth-order valence-corrected chi connectivity index (χ4v) is 4.70. The first-order valence-electron chi connectivity index (χ1n) is 12.1. The highest BCUT2D eigenvalue weighted by atomic mass is 32.2. The quantitative estimate of drug-likeness (QED) is 0.243. The number of phenolic OH excluding ortho intramolecular Hbond substituents is 1. The summed E-state index contributed by atoms with van der Waals surface area (Å²) < 4.78 is 33.7. The molecule has 0 aromatic heterocycles. The molecule has 2 aromatic rings. The Morgan fingerprint density at radius 2 is 1.28 bits per heavy atom. The molecule has 0 aliphatic rings. The monoisotopic (exact) mass is 461 g/mol. The topological polar surface area (TPSA) is 75.6 Å². The van der Waals surface area contributed by atoms with Gasteiger partial charge in [-0.15, -0.1) is 0 Å². The molecule has 0 fully saturated rings. The Balaban J connectivity index is 1.65. The molecule has 0 spiro atoms. The average molecular weight is 462 g/mol. The molecule has 0 saturated heterocycles. The maximum absolute atomic E-state index is 12.6. The first-order valence-corrected chi connectivity index (χ1v) is 13.5. The molecule has 0 radical (unpaired) electrons. The van der Waals surface area contributed by atoms with E-state index in [-0.39, 0.29) is 10.6 Å². The maximum atomic E-state index is 12.6. The second-order valence-corrected chi connectivity index (χ2v) is 10.0. The predicted octanol–water partition coefficient (Wildman–Crippen LogP) is 7.27. The summed E-state index contributed by atoms with van der Waals surface area (Å²) in [7, 11) is -3.75. The molecule has 0 atom stereocenters. The van der Waals surface area contributed by atoms with Crippen LogP contribution in [0.3, 0.4) is 0 Å². The molecule has 6 heteroatoms. The molecule has 0 unspecified atom stereocenters. The van der Waals surface area contributed by atoms with Crippen molar-refractivity contribution in [2.24, 2.45) is 0 Å². The number of sulfonamides is 1. The van der Waals surface area contributed by atoms with Crippen LogP contribution < -0.4 is 9.46 Å². The van der Waals surface area contributed by atoms with E-state index in [0.717, 1.165) is 12.8 Å². The van der Waals surface area contributed by atoms with Gasteiger partial charge in [-0.05, 0) is 42.8 Å². The Kier molecular flexibility index (Phi) is 12.0. The SMILES string of the molecule is CCCCCCCCCCCCCCOc1ccccc1NS(=O)(=O)c1ccc(O)cc1. The Labute approximate surface area is 194 Å². The van der Waals surface area contributed by atoms with Crippen molar-refractivity contribution in [2.75, 3.05) is 11.3 Å². The summed E-state index contributed by atoms with van der Waals surface area (Å²) in [5.41, 5.74) is 0.416. The lowest BCUT2D eigenvalue weighted by atomic mass is 10.1. The summed E-state index contributed by atoms with van der Waals surface area (Å²) in [6, 6.07) is 12.5. The van der Waals surface area contributed by atoms with Gasteiger partial charge in [0.1, 0.15) is 11.5 Å². The fourth-order valence-electron chi connectivity index (χ4n) is 3.63. The summed E-state index contributed by atoms with van der Waals surface area (Å²) in [5, 5.41) is 9.37. The van der Waals surface area contributed by atoms with Gasteiger partial charge >= 0.3 is 0 Å². The number of nitrogens with one attached hydrogen (secondary N) is 1. The first-order chi connectivity index (χ1) is 15.5. The Bertz CT molecular complexity index is 866. The molecule has 2 N–H and O–H groups in total. The second-order valence-electron chi connectivity index (χ2n) is 8.33. The first kappa shape index (κ1) is 26.0. The Hall–Kier alpha value is -2.21. The number of ether oxygens (including phenoxy) is 1. The minimum absolute atomic E-state index is 0.0232. The molecule has 0 aliphatic carbocycles. The second kappa shape index (κ2) is 14.8. The standard InChI is InChI=1S/C26H39NO4S/c1-2-3-4-5-6-7-8-9-10-11-12-15-22-31-26-17-14-13-16-25(26)27-32(29,30)24-20-18-23(28)19-21-24/h13-14,16-21,27-28H,2-12,15,22H2,1H3.